The fraction of sp³-hybridized carbons (Fsp3) is 0.263. The minimum absolute atomic E-state index is 0.0300. The van der Waals surface area contributed by atoms with Gasteiger partial charge in [-0.3, -0.25) is 14.8 Å². The van der Waals surface area contributed by atoms with Crippen molar-refractivity contribution in [3.8, 4) is 5.75 Å². The molecule has 0 saturated carbocycles. The molecule has 6 nitrogen and oxygen atoms in total. The Bertz CT molecular complexity index is 804. The van der Waals surface area contributed by atoms with Crippen LogP contribution in [0.15, 0.2) is 42.5 Å². The number of nitrogens with one attached hydrogen (secondary N) is 2. The van der Waals surface area contributed by atoms with Crippen LogP contribution >= 0.6 is 0 Å². The summed E-state index contributed by atoms with van der Waals surface area (Å²) in [4.78, 5) is 24.0. The number of fused-ring (bicyclic) bond motifs is 1. The molecule has 6 heteroatoms. The zero-order chi connectivity index (χ0) is 17.8. The second kappa shape index (κ2) is 7.36. The number of aryl methyl sites for hydroxylation is 1. The summed E-state index contributed by atoms with van der Waals surface area (Å²) in [6, 6.07) is 12.5. The summed E-state index contributed by atoms with van der Waals surface area (Å²) in [6.45, 7) is 0. The lowest BCUT2D eigenvalue weighted by atomic mass is 9.87. The van der Waals surface area contributed by atoms with E-state index >= 15 is 0 Å². The monoisotopic (exact) mass is 340 g/mol. The topological polar surface area (TPSA) is 87.7 Å². The summed E-state index contributed by atoms with van der Waals surface area (Å²) in [5.74, 6) is -0.118. The molecular formula is C19H20N2O4. The van der Waals surface area contributed by atoms with Crippen molar-refractivity contribution in [2.24, 2.45) is 0 Å². The molecule has 1 atom stereocenters. The van der Waals surface area contributed by atoms with E-state index in [4.69, 9.17) is 9.94 Å². The zero-order valence-electron chi connectivity index (χ0n) is 13.9. The van der Waals surface area contributed by atoms with E-state index in [0.717, 1.165) is 24.0 Å². The minimum atomic E-state index is -0.519. The molecule has 2 amide bonds. The fourth-order valence-electron chi connectivity index (χ4n) is 3.18. The molecule has 0 aromatic heterocycles. The molecule has 0 heterocycles. The number of rotatable bonds is 4. The number of carbonyl (C=O) groups is 2. The minimum Gasteiger partial charge on any atom is -0.496 e. The average molecular weight is 340 g/mol. The molecule has 2 aromatic carbocycles. The van der Waals surface area contributed by atoms with Crippen LogP contribution in [0.25, 0.3) is 0 Å². The van der Waals surface area contributed by atoms with Crippen molar-refractivity contribution in [1.29, 1.82) is 0 Å². The standard InChI is InChI=1S/C19H20N2O4/c1-25-17-5-3-2-4-16(17)19(23)20-15-9-8-12-10-14(18(22)21-24)7-6-13(12)11-15/h2-7,10,15,24H,8-9,11H2,1H3,(H,20,23)(H,21,22). The lowest BCUT2D eigenvalue weighted by molar-refractivity contribution is 0.0706. The predicted octanol–water partition coefficient (Wildman–Crippen LogP) is 2.10. The van der Waals surface area contributed by atoms with Crippen molar-refractivity contribution in [3.63, 3.8) is 0 Å². The van der Waals surface area contributed by atoms with Crippen molar-refractivity contribution < 1.29 is 19.5 Å². The zero-order valence-corrected chi connectivity index (χ0v) is 13.9. The Labute approximate surface area is 145 Å². The van der Waals surface area contributed by atoms with Crippen LogP contribution in [0.3, 0.4) is 0 Å². The van der Waals surface area contributed by atoms with Gasteiger partial charge in [0.1, 0.15) is 5.75 Å². The molecule has 1 aliphatic carbocycles. The van der Waals surface area contributed by atoms with Crippen LogP contribution in [0, 0.1) is 0 Å². The third-order valence-corrected chi connectivity index (χ3v) is 4.49. The van der Waals surface area contributed by atoms with E-state index < -0.39 is 5.91 Å². The molecule has 0 radical (unpaired) electrons. The first-order chi connectivity index (χ1) is 12.1. The first-order valence-electron chi connectivity index (χ1n) is 8.12. The van der Waals surface area contributed by atoms with Gasteiger partial charge in [-0.1, -0.05) is 18.2 Å². The van der Waals surface area contributed by atoms with Gasteiger partial charge in [-0.15, -0.1) is 0 Å². The summed E-state index contributed by atoms with van der Waals surface area (Å²) in [7, 11) is 1.54. The van der Waals surface area contributed by atoms with Gasteiger partial charge >= 0.3 is 0 Å². The molecule has 0 aliphatic heterocycles. The number of hydrogen-bond donors (Lipinski definition) is 3. The lowest BCUT2D eigenvalue weighted by Gasteiger charge is -2.26. The van der Waals surface area contributed by atoms with Gasteiger partial charge in [0.25, 0.3) is 11.8 Å². The molecule has 1 unspecified atom stereocenters. The summed E-state index contributed by atoms with van der Waals surface area (Å²) >= 11 is 0. The number of hydrogen-bond acceptors (Lipinski definition) is 4. The molecular weight excluding hydrogens is 320 g/mol. The van der Waals surface area contributed by atoms with Gasteiger partial charge in [0, 0.05) is 11.6 Å². The van der Waals surface area contributed by atoms with E-state index in [0.29, 0.717) is 23.3 Å². The van der Waals surface area contributed by atoms with Gasteiger partial charge in [0.05, 0.1) is 12.7 Å². The highest BCUT2D eigenvalue weighted by atomic mass is 16.5. The molecule has 130 valence electrons. The average Bonchev–Trinajstić information content (AvgIpc) is 2.66. The Morgan fingerprint density at radius 3 is 2.68 bits per heavy atom. The van der Waals surface area contributed by atoms with Crippen LogP contribution in [0.4, 0.5) is 0 Å². The summed E-state index contributed by atoms with van der Waals surface area (Å²) < 4.78 is 5.24. The second-order valence-electron chi connectivity index (χ2n) is 6.04. The molecule has 25 heavy (non-hydrogen) atoms. The van der Waals surface area contributed by atoms with E-state index in [1.165, 1.54) is 0 Å². The van der Waals surface area contributed by atoms with Crippen LogP contribution in [0.1, 0.15) is 38.3 Å². The number of carbonyl (C=O) groups excluding carboxylic acids is 2. The van der Waals surface area contributed by atoms with Gasteiger partial charge < -0.3 is 10.1 Å². The number of benzene rings is 2. The largest absolute Gasteiger partial charge is 0.496 e. The van der Waals surface area contributed by atoms with E-state index in [-0.39, 0.29) is 11.9 Å². The van der Waals surface area contributed by atoms with Gasteiger partial charge in [-0.25, -0.2) is 5.48 Å². The highest BCUT2D eigenvalue weighted by Gasteiger charge is 2.22. The summed E-state index contributed by atoms with van der Waals surface area (Å²) in [5.41, 5.74) is 4.77. The molecule has 0 bridgehead atoms. The third-order valence-electron chi connectivity index (χ3n) is 4.49. The quantitative estimate of drug-likeness (QED) is 0.587. The molecule has 0 spiro atoms. The molecule has 1 aliphatic rings. The maximum absolute atomic E-state index is 12.5. The highest BCUT2D eigenvalue weighted by Crippen LogP contribution is 2.24. The van der Waals surface area contributed by atoms with Crippen LogP contribution in [0.5, 0.6) is 5.75 Å². The Morgan fingerprint density at radius 2 is 1.92 bits per heavy atom. The van der Waals surface area contributed by atoms with Crippen molar-refractivity contribution >= 4 is 11.8 Å². The normalized spacial score (nSPS) is 15.8. The van der Waals surface area contributed by atoms with Crippen LogP contribution in [-0.2, 0) is 12.8 Å². The maximum Gasteiger partial charge on any atom is 0.274 e. The third kappa shape index (κ3) is 3.64. The SMILES string of the molecule is COc1ccccc1C(=O)NC1CCc2cc(C(=O)NO)ccc2C1. The van der Waals surface area contributed by atoms with Crippen LogP contribution < -0.4 is 15.5 Å². The number of hydroxylamine groups is 1. The van der Waals surface area contributed by atoms with Gasteiger partial charge in [-0.05, 0) is 54.7 Å². The van der Waals surface area contributed by atoms with Crippen molar-refractivity contribution in [3.05, 3.63) is 64.7 Å². The van der Waals surface area contributed by atoms with Gasteiger partial charge in [-0.2, -0.15) is 0 Å². The Kier molecular flexibility index (Phi) is 5.00. The lowest BCUT2D eigenvalue weighted by Crippen LogP contribution is -2.39. The first-order valence-corrected chi connectivity index (χ1v) is 8.12. The summed E-state index contributed by atoms with van der Waals surface area (Å²) in [5, 5.41) is 11.8. The first kappa shape index (κ1) is 17.0. The van der Waals surface area contributed by atoms with Crippen LogP contribution in [-0.4, -0.2) is 30.2 Å². The fourth-order valence-corrected chi connectivity index (χ4v) is 3.18. The Morgan fingerprint density at radius 1 is 1.12 bits per heavy atom. The number of ether oxygens (including phenoxy) is 1. The number of methoxy groups -OCH3 is 1. The van der Waals surface area contributed by atoms with Crippen LogP contribution in [0.2, 0.25) is 0 Å². The van der Waals surface area contributed by atoms with Crippen molar-refractivity contribution in [2.45, 2.75) is 25.3 Å². The molecule has 0 fully saturated rings. The van der Waals surface area contributed by atoms with E-state index in [9.17, 15) is 9.59 Å². The summed E-state index contributed by atoms with van der Waals surface area (Å²) in [6.07, 6.45) is 2.26. The van der Waals surface area contributed by atoms with E-state index in [2.05, 4.69) is 5.32 Å². The van der Waals surface area contributed by atoms with E-state index in [1.807, 2.05) is 12.1 Å². The smallest absolute Gasteiger partial charge is 0.274 e. The second-order valence-corrected chi connectivity index (χ2v) is 6.04. The Balaban J connectivity index is 1.71. The number of amides is 2. The van der Waals surface area contributed by atoms with Crippen molar-refractivity contribution in [2.75, 3.05) is 7.11 Å². The van der Waals surface area contributed by atoms with Gasteiger partial charge in [0.15, 0.2) is 0 Å². The van der Waals surface area contributed by atoms with Crippen molar-refractivity contribution in [1.82, 2.24) is 10.8 Å². The number of para-hydroxylation sites is 1. The highest BCUT2D eigenvalue weighted by molar-refractivity contribution is 5.97. The molecule has 3 N–H and O–H groups in total. The van der Waals surface area contributed by atoms with Gasteiger partial charge in [0.2, 0.25) is 0 Å². The van der Waals surface area contributed by atoms with E-state index in [1.54, 1.807) is 42.9 Å². The molecule has 2 aromatic rings. The molecule has 3 rings (SSSR count). The predicted molar refractivity (Wildman–Crippen MR) is 92.0 cm³/mol. The maximum atomic E-state index is 12.5. The Hall–Kier alpha value is -2.86. The molecule has 0 saturated heterocycles.